The van der Waals surface area contributed by atoms with Crippen LogP contribution >= 0.6 is 11.6 Å². The number of carboxylic acid groups (broad SMARTS) is 1. The van der Waals surface area contributed by atoms with E-state index in [4.69, 9.17) is 11.6 Å². The Morgan fingerprint density at radius 3 is 2.09 bits per heavy atom. The van der Waals surface area contributed by atoms with Gasteiger partial charge in [-0.25, -0.2) is 18.0 Å². The van der Waals surface area contributed by atoms with Crippen LogP contribution in [0.3, 0.4) is 0 Å². The van der Waals surface area contributed by atoms with Crippen LogP contribution < -0.4 is 5.32 Å². The number of fused-ring (bicyclic) bond motifs is 1. The van der Waals surface area contributed by atoms with Gasteiger partial charge in [-0.05, 0) is 42.0 Å². The van der Waals surface area contributed by atoms with Gasteiger partial charge >= 0.3 is 12.1 Å². The lowest BCUT2D eigenvalue weighted by Crippen LogP contribution is -2.14. The van der Waals surface area contributed by atoms with E-state index in [2.05, 4.69) is 5.32 Å². The number of nitrogens with zero attached hydrogens (tertiary/aromatic N) is 1. The van der Waals surface area contributed by atoms with Crippen molar-refractivity contribution >= 4 is 34.7 Å². The molecule has 1 amide bonds. The van der Waals surface area contributed by atoms with Gasteiger partial charge in [-0.15, -0.1) is 0 Å². The van der Waals surface area contributed by atoms with E-state index in [0.29, 0.717) is 6.07 Å². The molecular formula is C23H11ClF6N2O3. The molecule has 4 aromatic rings. The number of amides is 1. The first-order valence-corrected chi connectivity index (χ1v) is 9.97. The van der Waals surface area contributed by atoms with Crippen molar-refractivity contribution in [2.75, 3.05) is 5.32 Å². The van der Waals surface area contributed by atoms with Crippen molar-refractivity contribution in [3.63, 3.8) is 0 Å². The molecule has 2 aromatic carbocycles. The average molecular weight is 513 g/mol. The number of alkyl halides is 3. The Morgan fingerprint density at radius 1 is 0.857 bits per heavy atom. The first kappa shape index (κ1) is 24.1. The molecule has 0 saturated carbocycles. The SMILES string of the molecule is O=C(Nc1ccc(-c2c(C(F)(F)F)cc3ccc(C(=O)O)c(Cl)n23)cc1)c1cc(F)c(F)cc1F. The Bertz CT molecular complexity index is 1500. The van der Waals surface area contributed by atoms with Crippen LogP contribution in [0.25, 0.3) is 16.8 Å². The van der Waals surface area contributed by atoms with Crippen molar-refractivity contribution in [1.29, 1.82) is 0 Å². The Morgan fingerprint density at radius 2 is 1.49 bits per heavy atom. The van der Waals surface area contributed by atoms with Crippen molar-refractivity contribution in [3.8, 4) is 11.3 Å². The zero-order chi connectivity index (χ0) is 25.7. The van der Waals surface area contributed by atoms with E-state index in [0.717, 1.165) is 16.5 Å². The normalized spacial score (nSPS) is 11.6. The van der Waals surface area contributed by atoms with E-state index in [1.807, 2.05) is 0 Å². The Balaban J connectivity index is 1.76. The van der Waals surface area contributed by atoms with Gasteiger partial charge < -0.3 is 10.4 Å². The molecule has 0 bridgehead atoms. The van der Waals surface area contributed by atoms with Crippen LogP contribution in [0.4, 0.5) is 32.0 Å². The highest BCUT2D eigenvalue weighted by molar-refractivity contribution is 6.33. The maximum atomic E-state index is 13.8. The zero-order valence-corrected chi connectivity index (χ0v) is 17.8. The fraction of sp³-hybridized carbons (Fsp3) is 0.0435. The predicted molar refractivity (Wildman–Crippen MR) is 114 cm³/mol. The summed E-state index contributed by atoms with van der Waals surface area (Å²) in [6, 6.07) is 8.43. The molecule has 0 aliphatic carbocycles. The van der Waals surface area contributed by atoms with Gasteiger partial charge in [0.2, 0.25) is 0 Å². The molecule has 2 aromatic heterocycles. The number of benzene rings is 2. The molecule has 35 heavy (non-hydrogen) atoms. The van der Waals surface area contributed by atoms with Crippen LogP contribution in [0.1, 0.15) is 26.3 Å². The quantitative estimate of drug-likeness (QED) is 0.183. The second kappa shape index (κ2) is 8.66. The Kier molecular flexibility index (Phi) is 5.97. The highest BCUT2D eigenvalue weighted by atomic mass is 35.5. The van der Waals surface area contributed by atoms with Gasteiger partial charge in [0.25, 0.3) is 5.91 Å². The minimum absolute atomic E-state index is 0.00600. The first-order chi connectivity index (χ1) is 16.4. The smallest absolute Gasteiger partial charge is 0.418 e. The number of pyridine rings is 1. The van der Waals surface area contributed by atoms with E-state index in [9.17, 15) is 41.0 Å². The highest BCUT2D eigenvalue weighted by Gasteiger charge is 2.37. The summed E-state index contributed by atoms with van der Waals surface area (Å²) in [4.78, 5) is 23.7. The third kappa shape index (κ3) is 4.42. The van der Waals surface area contributed by atoms with Crippen LogP contribution in [0.15, 0.2) is 54.6 Å². The second-order valence-electron chi connectivity index (χ2n) is 7.29. The van der Waals surface area contributed by atoms with Gasteiger partial charge in [-0.2, -0.15) is 13.2 Å². The minimum Gasteiger partial charge on any atom is -0.478 e. The molecule has 2 heterocycles. The number of hydrogen-bond donors (Lipinski definition) is 2. The lowest BCUT2D eigenvalue weighted by atomic mass is 10.1. The number of carbonyl (C=O) groups is 2. The third-order valence-corrected chi connectivity index (χ3v) is 5.45. The number of nitrogens with one attached hydrogen (secondary N) is 1. The Hall–Kier alpha value is -3.99. The number of aromatic nitrogens is 1. The van der Waals surface area contributed by atoms with E-state index >= 15 is 0 Å². The van der Waals surface area contributed by atoms with Crippen molar-refractivity contribution in [1.82, 2.24) is 4.40 Å². The molecule has 0 aliphatic heterocycles. The predicted octanol–water partition coefficient (Wildman–Crippen LogP) is 6.65. The van der Waals surface area contributed by atoms with Gasteiger partial charge in [0.15, 0.2) is 11.6 Å². The summed E-state index contributed by atoms with van der Waals surface area (Å²) >= 11 is 6.13. The number of rotatable bonds is 4. The number of aromatic carboxylic acids is 1. The van der Waals surface area contributed by atoms with E-state index in [1.165, 1.54) is 30.3 Å². The highest BCUT2D eigenvalue weighted by Crippen LogP contribution is 2.41. The Labute approximate surface area is 197 Å². The molecule has 0 atom stereocenters. The zero-order valence-electron chi connectivity index (χ0n) is 17.1. The summed E-state index contributed by atoms with van der Waals surface area (Å²) in [5.74, 6) is -6.78. The van der Waals surface area contributed by atoms with E-state index in [-0.39, 0.29) is 22.8 Å². The lowest BCUT2D eigenvalue weighted by Gasteiger charge is -2.13. The summed E-state index contributed by atoms with van der Waals surface area (Å²) in [5, 5.41) is 11.1. The largest absolute Gasteiger partial charge is 0.478 e. The van der Waals surface area contributed by atoms with Crippen LogP contribution in [-0.4, -0.2) is 21.4 Å². The molecule has 4 rings (SSSR count). The monoisotopic (exact) mass is 512 g/mol. The molecule has 0 fully saturated rings. The standard InChI is InChI=1S/C23H11ClF6N2O3/c24-20-13(22(34)35)6-5-12-7-15(23(28,29)30)19(32(12)20)10-1-3-11(4-2-10)31-21(33)14-8-17(26)18(27)9-16(14)25/h1-9H,(H,31,33)(H,34,35). The van der Waals surface area contributed by atoms with Gasteiger partial charge in [0.05, 0.1) is 22.4 Å². The summed E-state index contributed by atoms with van der Waals surface area (Å²) in [6.07, 6.45) is -4.81. The maximum Gasteiger partial charge on any atom is 0.418 e. The van der Waals surface area contributed by atoms with E-state index < -0.39 is 63.0 Å². The molecule has 0 radical (unpaired) electrons. The van der Waals surface area contributed by atoms with Crippen molar-refractivity contribution in [3.05, 3.63) is 93.9 Å². The van der Waals surface area contributed by atoms with Crippen molar-refractivity contribution in [2.24, 2.45) is 0 Å². The molecule has 0 saturated heterocycles. The van der Waals surface area contributed by atoms with Gasteiger partial charge in [-0.3, -0.25) is 9.20 Å². The summed E-state index contributed by atoms with van der Waals surface area (Å²) in [6.45, 7) is 0. The molecule has 180 valence electrons. The molecule has 0 unspecified atom stereocenters. The van der Waals surface area contributed by atoms with Gasteiger partial charge in [-0.1, -0.05) is 23.7 Å². The number of halogens is 7. The lowest BCUT2D eigenvalue weighted by molar-refractivity contribution is -0.137. The molecule has 0 spiro atoms. The van der Waals surface area contributed by atoms with Crippen LogP contribution in [0.5, 0.6) is 0 Å². The van der Waals surface area contributed by atoms with E-state index in [1.54, 1.807) is 0 Å². The molecule has 2 N–H and O–H groups in total. The topological polar surface area (TPSA) is 70.8 Å². The number of carbonyl (C=O) groups excluding carboxylic acids is 1. The molecule has 12 heteroatoms. The molecular weight excluding hydrogens is 502 g/mol. The average Bonchev–Trinajstić information content (AvgIpc) is 3.18. The molecule has 0 aliphatic rings. The summed E-state index contributed by atoms with van der Waals surface area (Å²) < 4.78 is 82.6. The maximum absolute atomic E-state index is 13.8. The summed E-state index contributed by atoms with van der Waals surface area (Å²) in [5.41, 5.74) is -2.74. The number of carboxylic acids is 1. The number of hydrogen-bond acceptors (Lipinski definition) is 2. The van der Waals surface area contributed by atoms with Crippen LogP contribution in [0.2, 0.25) is 5.15 Å². The summed E-state index contributed by atoms with van der Waals surface area (Å²) in [7, 11) is 0. The fourth-order valence-electron chi connectivity index (χ4n) is 3.49. The van der Waals surface area contributed by atoms with Crippen molar-refractivity contribution < 1.29 is 41.0 Å². The third-order valence-electron chi connectivity index (χ3n) is 5.08. The number of anilines is 1. The molecule has 5 nitrogen and oxygen atoms in total. The van der Waals surface area contributed by atoms with Crippen LogP contribution in [-0.2, 0) is 6.18 Å². The minimum atomic E-state index is -4.81. The van der Waals surface area contributed by atoms with Gasteiger partial charge in [0.1, 0.15) is 11.0 Å². The van der Waals surface area contributed by atoms with Crippen LogP contribution in [0, 0.1) is 17.5 Å². The van der Waals surface area contributed by atoms with Gasteiger partial charge in [0, 0.05) is 17.3 Å². The first-order valence-electron chi connectivity index (χ1n) is 9.59. The van der Waals surface area contributed by atoms with Crippen molar-refractivity contribution in [2.45, 2.75) is 6.18 Å². The fourth-order valence-corrected chi connectivity index (χ4v) is 3.82. The second-order valence-corrected chi connectivity index (χ2v) is 7.64.